The maximum atomic E-state index is 14.4. The van der Waals surface area contributed by atoms with Crippen LogP contribution < -0.4 is 10.3 Å². The van der Waals surface area contributed by atoms with E-state index in [2.05, 4.69) is 9.71 Å². The van der Waals surface area contributed by atoms with E-state index in [1.54, 1.807) is 12.3 Å². The lowest BCUT2D eigenvalue weighted by Crippen LogP contribution is -2.22. The van der Waals surface area contributed by atoms with Crippen LogP contribution in [0.2, 0.25) is 0 Å². The van der Waals surface area contributed by atoms with Crippen molar-refractivity contribution in [2.75, 3.05) is 6.26 Å². The number of fused-ring (bicyclic) bond motifs is 1. The normalized spacial score (nSPS) is 11.7. The molecule has 170 valence electrons. The number of benzene rings is 2. The fourth-order valence-corrected chi connectivity index (χ4v) is 4.04. The number of rotatable bonds is 5. The lowest BCUT2D eigenvalue weighted by atomic mass is 10.0. The fourth-order valence-electron chi connectivity index (χ4n) is 3.76. The molecule has 33 heavy (non-hydrogen) atoms. The van der Waals surface area contributed by atoms with Crippen molar-refractivity contribution >= 4 is 28.8 Å². The molecule has 0 atom stereocenters. The highest BCUT2D eigenvalue weighted by Gasteiger charge is 2.33. The van der Waals surface area contributed by atoms with Crippen LogP contribution in [0.15, 0.2) is 65.6 Å². The monoisotopic (exact) mass is 475 g/mol. The number of hydrogen-bond acceptors (Lipinski definition) is 3. The number of amides is 1. The lowest BCUT2D eigenvalue weighted by molar-refractivity contribution is -0.137. The molecule has 5 nitrogen and oxygen atoms in total. The van der Waals surface area contributed by atoms with Gasteiger partial charge in [-0.1, -0.05) is 30.1 Å². The molecule has 0 unspecified atom stereocenters. The average Bonchev–Trinajstić information content (AvgIpc) is 3.08. The Balaban J connectivity index is 2.12. The summed E-state index contributed by atoms with van der Waals surface area (Å²) in [6.45, 7) is -0.129. The largest absolute Gasteiger partial charge is 0.416 e. The second-order valence-electron chi connectivity index (χ2n) is 7.18. The van der Waals surface area contributed by atoms with Gasteiger partial charge in [0.05, 0.1) is 12.1 Å². The number of H-pyrrole nitrogens is 1. The van der Waals surface area contributed by atoms with Gasteiger partial charge in [0.15, 0.2) is 0 Å². The van der Waals surface area contributed by atoms with Gasteiger partial charge >= 0.3 is 6.18 Å². The van der Waals surface area contributed by atoms with Crippen molar-refractivity contribution in [3.05, 3.63) is 93.8 Å². The number of aromatic amines is 1. The van der Waals surface area contributed by atoms with E-state index in [9.17, 15) is 27.2 Å². The summed E-state index contributed by atoms with van der Waals surface area (Å²) in [6.07, 6.45) is -1.64. The van der Waals surface area contributed by atoms with E-state index in [-0.39, 0.29) is 39.8 Å². The predicted octanol–water partition coefficient (Wildman–Crippen LogP) is 5.21. The number of halogens is 4. The summed E-state index contributed by atoms with van der Waals surface area (Å²) < 4.78 is 59.0. The first-order chi connectivity index (χ1) is 15.7. The van der Waals surface area contributed by atoms with Crippen LogP contribution in [0.4, 0.5) is 17.6 Å². The van der Waals surface area contributed by atoms with E-state index < -0.39 is 29.0 Å². The van der Waals surface area contributed by atoms with Crippen molar-refractivity contribution in [3.8, 4) is 11.1 Å². The van der Waals surface area contributed by atoms with Crippen LogP contribution >= 0.6 is 11.9 Å². The van der Waals surface area contributed by atoms with Crippen LogP contribution in [0.25, 0.3) is 22.0 Å². The molecule has 4 aromatic rings. The summed E-state index contributed by atoms with van der Waals surface area (Å²) in [7, 11) is 0. The number of alkyl halides is 3. The number of nitrogens with one attached hydrogen (secondary N) is 2. The SMILES string of the molecule is CSNC(=O)c1c(-c2ccc[nH]c2=O)c2cc(C(F)(F)F)ccc2n1Cc1ccccc1F. The molecule has 2 heterocycles. The molecule has 2 N–H and O–H groups in total. The van der Waals surface area contributed by atoms with Crippen molar-refractivity contribution < 1.29 is 22.4 Å². The summed E-state index contributed by atoms with van der Waals surface area (Å²) in [6, 6.07) is 11.9. The van der Waals surface area contributed by atoms with Crippen molar-refractivity contribution in [2.24, 2.45) is 0 Å². The molecule has 2 aromatic carbocycles. The van der Waals surface area contributed by atoms with Gasteiger partial charge in [0, 0.05) is 40.0 Å². The predicted molar refractivity (Wildman–Crippen MR) is 119 cm³/mol. The van der Waals surface area contributed by atoms with Crippen LogP contribution in [0.5, 0.6) is 0 Å². The highest BCUT2D eigenvalue weighted by atomic mass is 32.2. The van der Waals surface area contributed by atoms with Crippen molar-refractivity contribution in [2.45, 2.75) is 12.7 Å². The molecule has 0 saturated carbocycles. The first-order valence-corrected chi connectivity index (χ1v) is 10.9. The molecule has 0 aliphatic heterocycles. The molecule has 2 aromatic heterocycles. The van der Waals surface area contributed by atoms with E-state index in [4.69, 9.17) is 0 Å². The Bertz CT molecular complexity index is 1410. The molecule has 10 heteroatoms. The third-order valence-electron chi connectivity index (χ3n) is 5.17. The minimum Gasteiger partial charge on any atom is -0.331 e. The zero-order valence-electron chi connectivity index (χ0n) is 17.2. The minimum absolute atomic E-state index is 0.0281. The van der Waals surface area contributed by atoms with Crippen LogP contribution in [-0.2, 0) is 12.7 Å². The van der Waals surface area contributed by atoms with E-state index in [1.807, 2.05) is 0 Å². The van der Waals surface area contributed by atoms with Gasteiger partial charge in [-0.15, -0.1) is 0 Å². The standard InChI is InChI=1S/C23H17F4N3O2S/c1-33-29-22(32)20-19(15-6-4-10-28-21(15)31)16-11-14(23(25,26)27)8-9-18(16)30(20)12-13-5-2-3-7-17(13)24/h2-11H,12H2,1H3,(H,28,31)(H,29,32). The van der Waals surface area contributed by atoms with Gasteiger partial charge in [0.1, 0.15) is 11.5 Å². The van der Waals surface area contributed by atoms with Gasteiger partial charge in [0.25, 0.3) is 11.5 Å². The van der Waals surface area contributed by atoms with Crippen molar-refractivity contribution in [1.82, 2.24) is 14.3 Å². The van der Waals surface area contributed by atoms with Gasteiger partial charge in [-0.05, 0) is 36.4 Å². The average molecular weight is 475 g/mol. The van der Waals surface area contributed by atoms with Gasteiger partial charge in [-0.3, -0.25) is 14.3 Å². The maximum Gasteiger partial charge on any atom is 0.416 e. The second-order valence-corrected chi connectivity index (χ2v) is 7.79. The first kappa shape index (κ1) is 22.7. The quantitative estimate of drug-likeness (QED) is 0.308. The van der Waals surface area contributed by atoms with Crippen LogP contribution in [0, 0.1) is 5.82 Å². The summed E-state index contributed by atoms with van der Waals surface area (Å²) in [5.41, 5.74) is -0.974. The Morgan fingerprint density at radius 2 is 1.88 bits per heavy atom. The molecule has 0 spiro atoms. The van der Waals surface area contributed by atoms with E-state index >= 15 is 0 Å². The summed E-state index contributed by atoms with van der Waals surface area (Å²) in [5.74, 6) is -1.15. The first-order valence-electron chi connectivity index (χ1n) is 9.70. The molecular formula is C23H17F4N3O2S. The van der Waals surface area contributed by atoms with Crippen LogP contribution in [-0.4, -0.2) is 21.7 Å². The summed E-state index contributed by atoms with van der Waals surface area (Å²) in [4.78, 5) is 28.2. The zero-order chi connectivity index (χ0) is 23.8. The molecule has 0 saturated heterocycles. The molecule has 0 radical (unpaired) electrons. The number of nitrogens with zero attached hydrogens (tertiary/aromatic N) is 1. The Hall–Kier alpha value is -3.53. The van der Waals surface area contributed by atoms with E-state index in [0.717, 1.165) is 24.1 Å². The van der Waals surface area contributed by atoms with Crippen molar-refractivity contribution in [1.29, 1.82) is 0 Å². The maximum absolute atomic E-state index is 14.4. The fraction of sp³-hybridized carbons (Fsp3) is 0.130. The lowest BCUT2D eigenvalue weighted by Gasteiger charge is -2.12. The molecule has 0 aliphatic carbocycles. The molecule has 0 aliphatic rings. The number of pyridine rings is 1. The summed E-state index contributed by atoms with van der Waals surface area (Å²) >= 11 is 0.995. The Labute approximate surface area is 189 Å². The smallest absolute Gasteiger partial charge is 0.331 e. The highest BCUT2D eigenvalue weighted by molar-refractivity contribution is 7.97. The molecule has 0 fully saturated rings. The van der Waals surface area contributed by atoms with Crippen LogP contribution in [0.3, 0.4) is 0 Å². The molecule has 4 rings (SSSR count). The summed E-state index contributed by atoms with van der Waals surface area (Å²) in [5, 5.41) is 0.0594. The molecule has 0 bridgehead atoms. The number of aromatic nitrogens is 2. The topological polar surface area (TPSA) is 66.9 Å². The van der Waals surface area contributed by atoms with Gasteiger partial charge in [-0.25, -0.2) is 4.39 Å². The minimum atomic E-state index is -4.64. The third-order valence-corrected chi connectivity index (χ3v) is 5.56. The molecule has 1 amide bonds. The van der Waals surface area contributed by atoms with Crippen LogP contribution in [0.1, 0.15) is 21.6 Å². The number of carbonyl (C=O) groups excluding carboxylic acids is 1. The second kappa shape index (κ2) is 8.78. The molecular weight excluding hydrogens is 458 g/mol. The Kier molecular flexibility index (Phi) is 6.03. The number of carbonyl (C=O) groups is 1. The Morgan fingerprint density at radius 3 is 2.55 bits per heavy atom. The van der Waals surface area contributed by atoms with E-state index in [0.29, 0.717) is 0 Å². The zero-order valence-corrected chi connectivity index (χ0v) is 18.0. The van der Waals surface area contributed by atoms with E-state index in [1.165, 1.54) is 47.2 Å². The Morgan fingerprint density at radius 1 is 1.12 bits per heavy atom. The van der Waals surface area contributed by atoms with Gasteiger partial charge in [0.2, 0.25) is 0 Å². The van der Waals surface area contributed by atoms with Gasteiger partial charge in [-0.2, -0.15) is 13.2 Å². The number of hydrogen-bond donors (Lipinski definition) is 2. The third kappa shape index (κ3) is 4.25. The van der Waals surface area contributed by atoms with Crippen molar-refractivity contribution in [3.63, 3.8) is 0 Å². The van der Waals surface area contributed by atoms with Gasteiger partial charge < -0.3 is 9.55 Å². The highest BCUT2D eigenvalue weighted by Crippen LogP contribution is 2.38.